The maximum atomic E-state index is 13.4. The summed E-state index contributed by atoms with van der Waals surface area (Å²) in [5.74, 6) is -2.09. The largest absolute Gasteiger partial charge is 0.345 e. The molecule has 2 N–H and O–H groups in total. The highest BCUT2D eigenvalue weighted by Gasteiger charge is 2.12. The van der Waals surface area contributed by atoms with Gasteiger partial charge in [-0.2, -0.15) is 0 Å². The van der Waals surface area contributed by atoms with Crippen molar-refractivity contribution in [1.29, 1.82) is 0 Å². The standard InChI is InChI=1S/C15H11F2N3O/c16-10-2-1-3-11(17)15(10)20-14(21)7-9-4-5-12-13(6-9)19-8-18-12/h1-6,8H,7H2,(H,18,19)(H,20,21). The van der Waals surface area contributed by atoms with Gasteiger partial charge >= 0.3 is 0 Å². The van der Waals surface area contributed by atoms with Gasteiger partial charge in [0.15, 0.2) is 0 Å². The van der Waals surface area contributed by atoms with Gasteiger partial charge < -0.3 is 10.3 Å². The van der Waals surface area contributed by atoms with Gasteiger partial charge in [0, 0.05) is 0 Å². The van der Waals surface area contributed by atoms with Crippen LogP contribution in [0.3, 0.4) is 0 Å². The second-order valence-electron chi connectivity index (χ2n) is 4.58. The third kappa shape index (κ3) is 2.74. The lowest BCUT2D eigenvalue weighted by molar-refractivity contribution is -0.115. The number of anilines is 1. The number of halogens is 2. The van der Waals surface area contributed by atoms with Gasteiger partial charge in [0.1, 0.15) is 17.3 Å². The fraction of sp³-hybridized carbons (Fsp3) is 0.0667. The number of benzene rings is 2. The van der Waals surface area contributed by atoms with Gasteiger partial charge in [0.2, 0.25) is 5.91 Å². The lowest BCUT2D eigenvalue weighted by Gasteiger charge is -2.07. The zero-order valence-electron chi connectivity index (χ0n) is 10.9. The molecule has 0 fully saturated rings. The van der Waals surface area contributed by atoms with E-state index < -0.39 is 23.2 Å². The molecule has 21 heavy (non-hydrogen) atoms. The molecule has 1 amide bonds. The molecule has 0 saturated carbocycles. The van der Waals surface area contributed by atoms with E-state index in [0.29, 0.717) is 0 Å². The van der Waals surface area contributed by atoms with Crippen molar-refractivity contribution in [2.45, 2.75) is 6.42 Å². The quantitative estimate of drug-likeness (QED) is 0.778. The molecule has 1 heterocycles. The number of fused-ring (bicyclic) bond motifs is 1. The third-order valence-corrected chi connectivity index (χ3v) is 3.08. The summed E-state index contributed by atoms with van der Waals surface area (Å²) in [6, 6.07) is 8.73. The van der Waals surface area contributed by atoms with E-state index >= 15 is 0 Å². The molecule has 3 aromatic rings. The van der Waals surface area contributed by atoms with Crippen molar-refractivity contribution < 1.29 is 13.6 Å². The number of carbonyl (C=O) groups excluding carboxylic acids is 1. The SMILES string of the molecule is O=C(Cc1ccc2nc[nH]c2c1)Nc1c(F)cccc1F. The summed E-state index contributed by atoms with van der Waals surface area (Å²) >= 11 is 0. The first kappa shape index (κ1) is 13.2. The van der Waals surface area contributed by atoms with Crippen LogP contribution in [0.15, 0.2) is 42.7 Å². The van der Waals surface area contributed by atoms with Crippen LogP contribution in [0.2, 0.25) is 0 Å². The van der Waals surface area contributed by atoms with Gasteiger partial charge in [-0.05, 0) is 29.8 Å². The van der Waals surface area contributed by atoms with Gasteiger partial charge in [0.25, 0.3) is 0 Å². The van der Waals surface area contributed by atoms with Crippen LogP contribution in [0, 0.1) is 11.6 Å². The van der Waals surface area contributed by atoms with E-state index in [4.69, 9.17) is 0 Å². The zero-order valence-corrected chi connectivity index (χ0v) is 10.9. The Hall–Kier alpha value is -2.76. The van der Waals surface area contributed by atoms with Crippen LogP contribution in [0.25, 0.3) is 11.0 Å². The highest BCUT2D eigenvalue weighted by molar-refractivity contribution is 5.93. The molecule has 106 valence electrons. The second-order valence-corrected chi connectivity index (χ2v) is 4.58. The first-order valence-corrected chi connectivity index (χ1v) is 6.29. The molecule has 6 heteroatoms. The molecule has 2 aromatic carbocycles. The fourth-order valence-electron chi connectivity index (χ4n) is 2.08. The molecule has 0 unspecified atom stereocenters. The maximum absolute atomic E-state index is 13.4. The molecule has 1 aromatic heterocycles. The van der Waals surface area contributed by atoms with Crippen LogP contribution in [0.4, 0.5) is 14.5 Å². The summed E-state index contributed by atoms with van der Waals surface area (Å²) in [5, 5.41) is 2.25. The number of nitrogens with zero attached hydrogens (tertiary/aromatic N) is 1. The molecule has 0 spiro atoms. The van der Waals surface area contributed by atoms with Crippen LogP contribution in [0.1, 0.15) is 5.56 Å². The third-order valence-electron chi connectivity index (χ3n) is 3.08. The van der Waals surface area contributed by atoms with Gasteiger partial charge in [-0.1, -0.05) is 12.1 Å². The Balaban J connectivity index is 1.77. The first-order valence-electron chi connectivity index (χ1n) is 6.29. The fourth-order valence-corrected chi connectivity index (χ4v) is 2.08. The van der Waals surface area contributed by atoms with E-state index in [2.05, 4.69) is 15.3 Å². The van der Waals surface area contributed by atoms with Crippen molar-refractivity contribution in [3.63, 3.8) is 0 Å². The van der Waals surface area contributed by atoms with Gasteiger partial charge in [-0.25, -0.2) is 13.8 Å². The Labute approximate surface area is 118 Å². The Morgan fingerprint density at radius 2 is 1.95 bits per heavy atom. The molecule has 0 bridgehead atoms. The summed E-state index contributed by atoms with van der Waals surface area (Å²) in [7, 11) is 0. The molecule has 4 nitrogen and oxygen atoms in total. The average Bonchev–Trinajstić information content (AvgIpc) is 2.90. The van der Waals surface area contributed by atoms with Gasteiger partial charge in [-0.3, -0.25) is 4.79 Å². The van der Waals surface area contributed by atoms with Crippen molar-refractivity contribution in [2.24, 2.45) is 0 Å². The molecular weight excluding hydrogens is 276 g/mol. The molecule has 0 aliphatic heterocycles. The molecule has 0 aliphatic carbocycles. The number of para-hydroxylation sites is 1. The number of aromatic amines is 1. The van der Waals surface area contributed by atoms with Crippen LogP contribution in [-0.4, -0.2) is 15.9 Å². The molecule has 0 radical (unpaired) electrons. The molecule has 0 saturated heterocycles. The number of carbonyl (C=O) groups is 1. The van der Waals surface area contributed by atoms with Crippen molar-refractivity contribution in [1.82, 2.24) is 9.97 Å². The lowest BCUT2D eigenvalue weighted by Crippen LogP contribution is -2.16. The predicted molar refractivity (Wildman–Crippen MR) is 74.8 cm³/mol. The lowest BCUT2D eigenvalue weighted by atomic mass is 10.1. The number of hydrogen-bond donors (Lipinski definition) is 2. The minimum atomic E-state index is -0.799. The van der Waals surface area contributed by atoms with Crippen molar-refractivity contribution >= 4 is 22.6 Å². The zero-order chi connectivity index (χ0) is 14.8. The molecular formula is C15H11F2N3O. The number of rotatable bonds is 3. The van der Waals surface area contributed by atoms with Crippen LogP contribution in [-0.2, 0) is 11.2 Å². The van der Waals surface area contributed by atoms with Crippen LogP contribution in [0.5, 0.6) is 0 Å². The Morgan fingerprint density at radius 1 is 1.19 bits per heavy atom. The van der Waals surface area contributed by atoms with E-state index in [1.165, 1.54) is 6.07 Å². The van der Waals surface area contributed by atoms with Crippen molar-refractivity contribution in [3.05, 3.63) is 59.9 Å². The number of hydrogen-bond acceptors (Lipinski definition) is 2. The molecule has 0 atom stereocenters. The predicted octanol–water partition coefficient (Wildman–Crippen LogP) is 3.02. The Bertz CT molecular complexity index is 793. The summed E-state index contributed by atoms with van der Waals surface area (Å²) < 4.78 is 26.9. The Morgan fingerprint density at radius 3 is 2.71 bits per heavy atom. The minimum absolute atomic E-state index is 0.0166. The first-order chi connectivity index (χ1) is 10.1. The molecule has 3 rings (SSSR count). The molecule has 0 aliphatic rings. The van der Waals surface area contributed by atoms with Crippen molar-refractivity contribution in [2.75, 3.05) is 5.32 Å². The number of amides is 1. The van der Waals surface area contributed by atoms with Crippen molar-refractivity contribution in [3.8, 4) is 0 Å². The topological polar surface area (TPSA) is 57.8 Å². The van der Waals surface area contributed by atoms with E-state index in [-0.39, 0.29) is 6.42 Å². The summed E-state index contributed by atoms with van der Waals surface area (Å²) in [6.07, 6.45) is 1.58. The second kappa shape index (κ2) is 5.32. The van der Waals surface area contributed by atoms with Gasteiger partial charge in [-0.15, -0.1) is 0 Å². The minimum Gasteiger partial charge on any atom is -0.345 e. The van der Waals surface area contributed by atoms with E-state index in [1.807, 2.05) is 0 Å². The van der Waals surface area contributed by atoms with E-state index in [1.54, 1.807) is 24.5 Å². The monoisotopic (exact) mass is 287 g/mol. The highest BCUT2D eigenvalue weighted by Crippen LogP contribution is 2.19. The normalized spacial score (nSPS) is 10.8. The number of aromatic nitrogens is 2. The van der Waals surface area contributed by atoms with Gasteiger partial charge in [0.05, 0.1) is 23.8 Å². The summed E-state index contributed by atoms with van der Waals surface area (Å²) in [6.45, 7) is 0. The van der Waals surface area contributed by atoms with E-state index in [9.17, 15) is 13.6 Å². The average molecular weight is 287 g/mol. The highest BCUT2D eigenvalue weighted by atomic mass is 19.1. The summed E-state index contributed by atoms with van der Waals surface area (Å²) in [5.41, 5.74) is 1.89. The maximum Gasteiger partial charge on any atom is 0.228 e. The van der Waals surface area contributed by atoms with Crippen LogP contribution < -0.4 is 5.32 Å². The smallest absolute Gasteiger partial charge is 0.228 e. The number of H-pyrrole nitrogens is 1. The Kier molecular flexibility index (Phi) is 3.35. The van der Waals surface area contributed by atoms with Crippen LogP contribution >= 0.6 is 0 Å². The van der Waals surface area contributed by atoms with E-state index in [0.717, 1.165) is 28.7 Å². The summed E-state index contributed by atoms with van der Waals surface area (Å²) in [4.78, 5) is 18.9. The number of nitrogens with one attached hydrogen (secondary N) is 2. The number of imidazole rings is 1.